The number of aliphatic hydroxyl groups is 1. The lowest BCUT2D eigenvalue weighted by atomic mass is 10.1. The van der Waals surface area contributed by atoms with Gasteiger partial charge in [-0.05, 0) is 31.9 Å². The van der Waals surface area contributed by atoms with Crippen molar-refractivity contribution in [3.05, 3.63) is 52.2 Å². The largest absolute Gasteiger partial charge is 0.387 e. The van der Waals surface area contributed by atoms with Crippen molar-refractivity contribution >= 4 is 27.4 Å². The Labute approximate surface area is 133 Å². The van der Waals surface area contributed by atoms with Gasteiger partial charge in [0.15, 0.2) is 0 Å². The molecule has 1 atom stereocenters. The van der Waals surface area contributed by atoms with Crippen molar-refractivity contribution in [3.8, 4) is 0 Å². The molecule has 3 rings (SSSR count). The number of aromatic nitrogens is 2. The third kappa shape index (κ3) is 2.82. The molecule has 0 saturated carbocycles. The summed E-state index contributed by atoms with van der Waals surface area (Å²) < 4.78 is 0. The minimum atomic E-state index is -0.563. The maximum Gasteiger partial charge on any atom is 0.138 e. The number of hydrogen-bond donors (Lipinski definition) is 2. The zero-order valence-electron chi connectivity index (χ0n) is 12.9. The van der Waals surface area contributed by atoms with E-state index < -0.39 is 6.10 Å². The van der Waals surface area contributed by atoms with Gasteiger partial charge in [0.05, 0.1) is 11.5 Å². The summed E-state index contributed by atoms with van der Waals surface area (Å²) >= 11 is 1.68. The molecule has 1 aromatic carbocycles. The number of aliphatic hydroxyl groups excluding tert-OH is 1. The summed E-state index contributed by atoms with van der Waals surface area (Å²) in [6.07, 6.45) is -0.563. The summed E-state index contributed by atoms with van der Waals surface area (Å²) in [6.45, 7) is 6.50. The molecular formula is C17H19N3OS. The predicted molar refractivity (Wildman–Crippen MR) is 91.5 cm³/mol. The number of benzene rings is 1. The normalized spacial score (nSPS) is 12.5. The molecule has 0 fully saturated rings. The Morgan fingerprint density at radius 2 is 1.86 bits per heavy atom. The van der Waals surface area contributed by atoms with E-state index in [0.29, 0.717) is 6.54 Å². The molecule has 0 saturated heterocycles. The van der Waals surface area contributed by atoms with E-state index in [4.69, 9.17) is 0 Å². The van der Waals surface area contributed by atoms with Gasteiger partial charge >= 0.3 is 0 Å². The first kappa shape index (κ1) is 14.9. The van der Waals surface area contributed by atoms with E-state index in [-0.39, 0.29) is 0 Å². The second-order valence-electron chi connectivity index (χ2n) is 5.39. The first-order valence-corrected chi connectivity index (χ1v) is 8.09. The molecule has 4 nitrogen and oxygen atoms in total. The fourth-order valence-corrected chi connectivity index (χ4v) is 3.55. The van der Waals surface area contributed by atoms with Crippen LogP contribution in [0.4, 0.5) is 5.82 Å². The maximum absolute atomic E-state index is 10.3. The van der Waals surface area contributed by atoms with E-state index in [1.807, 2.05) is 37.3 Å². The quantitative estimate of drug-likeness (QED) is 0.770. The third-order valence-corrected chi connectivity index (χ3v) is 4.89. The van der Waals surface area contributed by atoms with Gasteiger partial charge in [-0.2, -0.15) is 0 Å². The first-order valence-electron chi connectivity index (χ1n) is 7.27. The van der Waals surface area contributed by atoms with Crippen LogP contribution in [0.1, 0.15) is 27.9 Å². The van der Waals surface area contributed by atoms with Crippen LogP contribution in [0.25, 0.3) is 10.2 Å². The first-order chi connectivity index (χ1) is 10.6. The molecule has 2 aromatic heterocycles. The third-order valence-electron chi connectivity index (χ3n) is 3.79. The van der Waals surface area contributed by atoms with Crippen molar-refractivity contribution in [1.29, 1.82) is 0 Å². The van der Waals surface area contributed by atoms with Crippen LogP contribution in [0.2, 0.25) is 0 Å². The second kappa shape index (κ2) is 6.02. The lowest BCUT2D eigenvalue weighted by Crippen LogP contribution is -2.13. The Morgan fingerprint density at radius 3 is 2.59 bits per heavy atom. The number of aryl methyl sites for hydroxylation is 3. The summed E-state index contributed by atoms with van der Waals surface area (Å²) in [5, 5.41) is 14.6. The number of rotatable bonds is 4. The Bertz CT molecular complexity index is 799. The summed E-state index contributed by atoms with van der Waals surface area (Å²) in [5.41, 5.74) is 2.10. The summed E-state index contributed by atoms with van der Waals surface area (Å²) in [6, 6.07) is 9.65. The number of nitrogens with zero attached hydrogens (tertiary/aromatic N) is 2. The minimum Gasteiger partial charge on any atom is -0.387 e. The van der Waals surface area contributed by atoms with Crippen LogP contribution >= 0.6 is 11.3 Å². The molecule has 0 radical (unpaired) electrons. The van der Waals surface area contributed by atoms with Gasteiger partial charge in [-0.25, -0.2) is 9.97 Å². The highest BCUT2D eigenvalue weighted by Gasteiger charge is 2.14. The standard InChI is InChI=1S/C17H19N3OS/c1-10-11(2)22-17-15(10)16(19-12(3)20-17)18-9-14(21)13-7-5-4-6-8-13/h4-8,14,21H,9H2,1-3H3,(H,18,19,20). The average molecular weight is 313 g/mol. The molecule has 2 heterocycles. The van der Waals surface area contributed by atoms with Crippen LogP contribution in [0.3, 0.4) is 0 Å². The van der Waals surface area contributed by atoms with E-state index in [2.05, 4.69) is 29.1 Å². The fourth-order valence-electron chi connectivity index (χ4n) is 2.47. The topological polar surface area (TPSA) is 58.0 Å². The zero-order valence-corrected chi connectivity index (χ0v) is 13.7. The smallest absolute Gasteiger partial charge is 0.138 e. The number of fused-ring (bicyclic) bond motifs is 1. The van der Waals surface area contributed by atoms with Crippen molar-refractivity contribution < 1.29 is 5.11 Å². The van der Waals surface area contributed by atoms with Crippen LogP contribution in [0.15, 0.2) is 30.3 Å². The highest BCUT2D eigenvalue weighted by molar-refractivity contribution is 7.18. The van der Waals surface area contributed by atoms with Gasteiger partial charge in [0.2, 0.25) is 0 Å². The molecule has 22 heavy (non-hydrogen) atoms. The lowest BCUT2D eigenvalue weighted by molar-refractivity contribution is 0.191. The van der Waals surface area contributed by atoms with Crippen molar-refractivity contribution in [2.75, 3.05) is 11.9 Å². The van der Waals surface area contributed by atoms with Gasteiger partial charge in [-0.15, -0.1) is 11.3 Å². The molecule has 3 aromatic rings. The summed E-state index contributed by atoms with van der Waals surface area (Å²) in [4.78, 5) is 11.3. The minimum absolute atomic E-state index is 0.421. The number of hydrogen-bond acceptors (Lipinski definition) is 5. The fraction of sp³-hybridized carbons (Fsp3) is 0.294. The van der Waals surface area contributed by atoms with E-state index >= 15 is 0 Å². The van der Waals surface area contributed by atoms with Gasteiger partial charge in [0, 0.05) is 11.4 Å². The van der Waals surface area contributed by atoms with Gasteiger partial charge in [0.1, 0.15) is 16.5 Å². The Morgan fingerprint density at radius 1 is 1.14 bits per heavy atom. The van der Waals surface area contributed by atoms with Crippen LogP contribution in [-0.2, 0) is 0 Å². The molecule has 0 amide bonds. The molecule has 5 heteroatoms. The van der Waals surface area contributed by atoms with E-state index in [9.17, 15) is 5.11 Å². The molecule has 1 unspecified atom stereocenters. The van der Waals surface area contributed by atoms with Crippen molar-refractivity contribution in [1.82, 2.24) is 9.97 Å². The van der Waals surface area contributed by atoms with Crippen LogP contribution in [-0.4, -0.2) is 21.6 Å². The molecule has 114 valence electrons. The molecule has 0 aliphatic heterocycles. The highest BCUT2D eigenvalue weighted by atomic mass is 32.1. The van der Waals surface area contributed by atoms with Gasteiger partial charge in [0.25, 0.3) is 0 Å². The average Bonchev–Trinajstić information content (AvgIpc) is 2.80. The molecule has 0 spiro atoms. The Balaban J connectivity index is 1.88. The van der Waals surface area contributed by atoms with Gasteiger partial charge in [-0.1, -0.05) is 30.3 Å². The lowest BCUT2D eigenvalue weighted by Gasteiger charge is -2.14. The Hall–Kier alpha value is -1.98. The number of nitrogens with one attached hydrogen (secondary N) is 1. The van der Waals surface area contributed by atoms with Crippen LogP contribution < -0.4 is 5.32 Å². The highest BCUT2D eigenvalue weighted by Crippen LogP contribution is 2.33. The van der Waals surface area contributed by atoms with Gasteiger partial charge in [-0.3, -0.25) is 0 Å². The zero-order chi connectivity index (χ0) is 15.7. The maximum atomic E-state index is 10.3. The van der Waals surface area contributed by atoms with Crippen molar-refractivity contribution in [2.45, 2.75) is 26.9 Å². The predicted octanol–water partition coefficient (Wildman–Crippen LogP) is 3.76. The monoisotopic (exact) mass is 313 g/mol. The summed E-state index contributed by atoms with van der Waals surface area (Å²) in [7, 11) is 0. The van der Waals surface area contributed by atoms with Crippen LogP contribution in [0, 0.1) is 20.8 Å². The summed E-state index contributed by atoms with van der Waals surface area (Å²) in [5.74, 6) is 1.55. The number of anilines is 1. The molecule has 2 N–H and O–H groups in total. The van der Waals surface area contributed by atoms with E-state index in [0.717, 1.165) is 27.4 Å². The van der Waals surface area contributed by atoms with E-state index in [1.54, 1.807) is 11.3 Å². The molecule has 0 bridgehead atoms. The number of thiophene rings is 1. The second-order valence-corrected chi connectivity index (χ2v) is 6.59. The molecule has 0 aliphatic carbocycles. The van der Waals surface area contributed by atoms with Crippen molar-refractivity contribution in [3.63, 3.8) is 0 Å². The Kier molecular flexibility index (Phi) is 4.09. The SMILES string of the molecule is Cc1nc(NCC(O)c2ccccc2)c2c(C)c(C)sc2n1. The van der Waals surface area contributed by atoms with E-state index in [1.165, 1.54) is 10.4 Å². The molecular weight excluding hydrogens is 294 g/mol. The van der Waals surface area contributed by atoms with Gasteiger partial charge < -0.3 is 10.4 Å². The molecule has 0 aliphatic rings. The van der Waals surface area contributed by atoms with Crippen molar-refractivity contribution in [2.24, 2.45) is 0 Å². The van der Waals surface area contributed by atoms with Crippen LogP contribution in [0.5, 0.6) is 0 Å².